The molecule has 0 N–H and O–H groups in total. The molecule has 0 radical (unpaired) electrons. The molecule has 1 aliphatic carbocycles. The van der Waals surface area contributed by atoms with Crippen LogP contribution >= 0.6 is 0 Å². The molecule has 3 aromatic carbocycles. The van der Waals surface area contributed by atoms with Crippen LogP contribution < -0.4 is 9.67 Å². The number of fused-ring (bicyclic) bond motifs is 5. The summed E-state index contributed by atoms with van der Waals surface area (Å²) in [5.74, 6) is 1.26. The van der Waals surface area contributed by atoms with Crippen LogP contribution in [0.15, 0.2) is 78.9 Å². The molecule has 6 rings (SSSR count). The first-order valence-corrected chi connectivity index (χ1v) is 12.4. The lowest BCUT2D eigenvalue weighted by atomic mass is 10.0. The highest BCUT2D eigenvalue weighted by molar-refractivity contribution is 5.60. The van der Waals surface area contributed by atoms with Crippen LogP contribution in [0.3, 0.4) is 0 Å². The Morgan fingerprint density at radius 2 is 1.75 bits per heavy atom. The van der Waals surface area contributed by atoms with Crippen molar-refractivity contribution in [3.8, 4) is 5.69 Å². The molecule has 36 heavy (non-hydrogen) atoms. The van der Waals surface area contributed by atoms with E-state index in [1.165, 1.54) is 16.7 Å². The molecule has 0 bridgehead atoms. The SMILES string of the molecule is Cc1cc(C)c(-n2nc3[n+](c2/C([O-])=C/C=C/c2ccccc2)[C@H]2c4ccccc4C[C@H]2OC3)c(C)c1. The van der Waals surface area contributed by atoms with Crippen LogP contribution in [0, 0.1) is 20.8 Å². The van der Waals surface area contributed by atoms with Gasteiger partial charge in [0.25, 0.3) is 5.82 Å². The molecule has 5 heteroatoms. The van der Waals surface area contributed by atoms with E-state index in [-0.39, 0.29) is 17.9 Å². The predicted molar refractivity (Wildman–Crippen MR) is 138 cm³/mol. The fourth-order valence-corrected chi connectivity index (χ4v) is 5.77. The van der Waals surface area contributed by atoms with Crippen LogP contribution in [-0.2, 0) is 17.8 Å². The summed E-state index contributed by atoms with van der Waals surface area (Å²) in [6, 6.07) is 22.7. The molecule has 5 nitrogen and oxygen atoms in total. The normalized spacial score (nSPS) is 18.8. The fraction of sp³-hybridized carbons (Fsp3) is 0.226. The lowest BCUT2D eigenvalue weighted by Gasteiger charge is -2.26. The van der Waals surface area contributed by atoms with Gasteiger partial charge in [0.15, 0.2) is 0 Å². The molecule has 2 heterocycles. The van der Waals surface area contributed by atoms with E-state index in [4.69, 9.17) is 9.84 Å². The van der Waals surface area contributed by atoms with Gasteiger partial charge in [0.1, 0.15) is 24.4 Å². The van der Waals surface area contributed by atoms with Crippen LogP contribution in [0.4, 0.5) is 0 Å². The van der Waals surface area contributed by atoms with Crippen molar-refractivity contribution in [2.75, 3.05) is 0 Å². The molecular weight excluding hydrogens is 446 g/mol. The molecule has 180 valence electrons. The van der Waals surface area contributed by atoms with E-state index in [9.17, 15) is 5.11 Å². The third kappa shape index (κ3) is 3.76. The molecule has 0 unspecified atom stereocenters. The van der Waals surface area contributed by atoms with E-state index < -0.39 is 0 Å². The summed E-state index contributed by atoms with van der Waals surface area (Å²) < 4.78 is 10.3. The number of rotatable bonds is 4. The Bertz CT molecular complexity index is 1490. The van der Waals surface area contributed by atoms with Crippen molar-refractivity contribution >= 4 is 11.8 Å². The van der Waals surface area contributed by atoms with Crippen LogP contribution in [0.5, 0.6) is 0 Å². The van der Waals surface area contributed by atoms with Gasteiger partial charge in [-0.1, -0.05) is 95.2 Å². The number of aryl methyl sites for hydroxylation is 3. The highest BCUT2D eigenvalue weighted by Crippen LogP contribution is 2.37. The molecule has 1 aliphatic heterocycles. The summed E-state index contributed by atoms with van der Waals surface area (Å²) in [4.78, 5) is 0. The number of ether oxygens (including phenoxy) is 1. The topological polar surface area (TPSA) is 54.0 Å². The largest absolute Gasteiger partial charge is 0.868 e. The number of hydrogen-bond donors (Lipinski definition) is 0. The van der Waals surface area contributed by atoms with Gasteiger partial charge in [0.05, 0.1) is 0 Å². The maximum Gasteiger partial charge on any atom is 0.304 e. The Labute approximate surface area is 211 Å². The minimum atomic E-state index is -0.0784. The third-order valence-corrected chi connectivity index (χ3v) is 7.18. The standard InChI is InChI=1S/C31H29N3O2/c1-20-16-21(2)29(22(3)17-20)34-31(26(35)15-9-12-23-10-5-4-6-11-23)33-28(32-34)19-36-27-18-24-13-7-8-14-25(24)30(27)33/h4-17,27,30H,18-19H2,1-3H3/b12-9+,26-15-/t27-,30+/m1/s1. The summed E-state index contributed by atoms with van der Waals surface area (Å²) in [6.45, 7) is 6.64. The zero-order valence-electron chi connectivity index (χ0n) is 20.8. The maximum absolute atomic E-state index is 13.9. The van der Waals surface area contributed by atoms with Gasteiger partial charge in [-0.2, -0.15) is 0 Å². The summed E-state index contributed by atoms with van der Waals surface area (Å²) in [5.41, 5.74) is 7.85. The van der Waals surface area contributed by atoms with Crippen molar-refractivity contribution in [3.63, 3.8) is 0 Å². The first kappa shape index (κ1) is 22.5. The molecule has 4 aromatic rings. The van der Waals surface area contributed by atoms with Gasteiger partial charge in [-0.3, -0.25) is 0 Å². The second-order valence-electron chi connectivity index (χ2n) is 9.77. The van der Waals surface area contributed by atoms with E-state index in [2.05, 4.69) is 61.7 Å². The number of benzene rings is 3. The molecule has 0 saturated carbocycles. The molecular formula is C31H29N3O2. The quantitative estimate of drug-likeness (QED) is 0.247. The summed E-state index contributed by atoms with van der Waals surface area (Å²) in [7, 11) is 0. The first-order chi connectivity index (χ1) is 17.5. The van der Waals surface area contributed by atoms with Crippen molar-refractivity contribution in [2.45, 2.75) is 45.9 Å². The van der Waals surface area contributed by atoms with Crippen LogP contribution in [0.25, 0.3) is 17.5 Å². The second kappa shape index (κ2) is 8.92. The second-order valence-corrected chi connectivity index (χ2v) is 9.77. The number of aromatic nitrogens is 3. The van der Waals surface area contributed by atoms with Gasteiger partial charge in [-0.05, 0) is 54.3 Å². The Morgan fingerprint density at radius 3 is 2.53 bits per heavy atom. The molecule has 0 spiro atoms. The zero-order valence-corrected chi connectivity index (χ0v) is 20.8. The van der Waals surface area contributed by atoms with Crippen LogP contribution in [0.2, 0.25) is 0 Å². The van der Waals surface area contributed by atoms with Crippen molar-refractivity contribution in [2.24, 2.45) is 0 Å². The Kier molecular flexibility index (Phi) is 5.57. The summed E-state index contributed by atoms with van der Waals surface area (Å²) >= 11 is 0. The first-order valence-electron chi connectivity index (χ1n) is 12.4. The summed E-state index contributed by atoms with van der Waals surface area (Å²) in [5, 5.41) is 18.9. The molecule has 0 saturated heterocycles. The molecule has 2 aliphatic rings. The summed E-state index contributed by atoms with van der Waals surface area (Å²) in [6.07, 6.45) is 6.26. The Balaban J connectivity index is 1.55. The Hall–Kier alpha value is -3.96. The fourth-order valence-electron chi connectivity index (χ4n) is 5.77. The van der Waals surface area contributed by atoms with Gasteiger partial charge < -0.3 is 9.84 Å². The van der Waals surface area contributed by atoms with E-state index in [0.29, 0.717) is 12.4 Å². The number of hydrogen-bond acceptors (Lipinski definition) is 3. The van der Waals surface area contributed by atoms with E-state index in [0.717, 1.165) is 34.6 Å². The molecule has 1 aromatic heterocycles. The van der Waals surface area contributed by atoms with Crippen LogP contribution in [-0.4, -0.2) is 15.9 Å². The van der Waals surface area contributed by atoms with E-state index in [1.807, 2.05) is 47.2 Å². The number of nitrogens with zero attached hydrogens (tertiary/aromatic N) is 3. The molecule has 0 fully saturated rings. The van der Waals surface area contributed by atoms with Crippen molar-refractivity contribution < 1.29 is 14.4 Å². The van der Waals surface area contributed by atoms with Gasteiger partial charge in [0.2, 0.25) is 0 Å². The van der Waals surface area contributed by atoms with Crippen molar-refractivity contribution in [1.82, 2.24) is 9.78 Å². The average molecular weight is 476 g/mol. The predicted octanol–water partition coefficient (Wildman–Crippen LogP) is 4.54. The van der Waals surface area contributed by atoms with E-state index >= 15 is 0 Å². The van der Waals surface area contributed by atoms with Gasteiger partial charge in [0, 0.05) is 11.5 Å². The molecule has 2 atom stereocenters. The van der Waals surface area contributed by atoms with Crippen molar-refractivity contribution in [3.05, 3.63) is 124 Å². The van der Waals surface area contributed by atoms with Crippen molar-refractivity contribution in [1.29, 1.82) is 0 Å². The number of allylic oxidation sites excluding steroid dienone is 2. The van der Waals surface area contributed by atoms with Gasteiger partial charge in [-0.15, -0.1) is 0 Å². The third-order valence-electron chi connectivity index (χ3n) is 7.18. The smallest absolute Gasteiger partial charge is 0.304 e. The van der Waals surface area contributed by atoms with Gasteiger partial charge in [-0.25, -0.2) is 4.57 Å². The highest BCUT2D eigenvalue weighted by atomic mass is 16.5. The van der Waals surface area contributed by atoms with E-state index in [1.54, 1.807) is 6.08 Å². The molecule has 0 amide bonds. The monoisotopic (exact) mass is 475 g/mol. The zero-order chi connectivity index (χ0) is 24.8. The van der Waals surface area contributed by atoms with Crippen LogP contribution in [0.1, 0.15) is 51.1 Å². The highest BCUT2D eigenvalue weighted by Gasteiger charge is 2.46. The Morgan fingerprint density at radius 1 is 1.03 bits per heavy atom. The maximum atomic E-state index is 13.9. The lowest BCUT2D eigenvalue weighted by molar-refractivity contribution is -0.743. The minimum Gasteiger partial charge on any atom is -0.868 e. The average Bonchev–Trinajstić information content (AvgIpc) is 3.42. The lowest BCUT2D eigenvalue weighted by Crippen LogP contribution is -2.54. The van der Waals surface area contributed by atoms with Gasteiger partial charge >= 0.3 is 5.82 Å². The minimum absolute atomic E-state index is 0.0100.